The van der Waals surface area contributed by atoms with E-state index in [2.05, 4.69) is 54.2 Å². The standard InChI is InChI=1S/2C19H20ClFN4S.C3H8.C2H6O.2ClH/c2*1-12-16-18(22-11-23-19(16)26-17(12)20)24-15-5-7-25(8-6-15)10-13-3-2-4-14(21)9-13;1-3-2;1-2-3;;/h2*2-4,9,11,15H,5-8,10H2,1H3,(H,22,23,24);3H2,1-2H3;3H,2H2,1H3;2*1H. The number of fused-ring (bicyclic) bond motifs is 2. The van der Waals surface area contributed by atoms with Gasteiger partial charge in [-0.1, -0.05) is 67.7 Å². The molecule has 0 atom stereocenters. The minimum Gasteiger partial charge on any atom is -0.397 e. The van der Waals surface area contributed by atoms with Crippen LogP contribution in [0.3, 0.4) is 0 Å². The topological polar surface area (TPSA) is 102 Å². The first kappa shape index (κ1) is 51.4. The number of hydrogen-bond acceptors (Lipinski definition) is 11. The number of aliphatic hydroxyl groups is 1. The molecule has 0 amide bonds. The SMILES string of the molecule is CCC.CCO.Cc1c(Cl)sc2ncnc(NC3CCN(Cc4cccc(F)c4)CC3)c12.Cc1c(Cl)sc2ncnc(NC3CCN(Cc4cccc(F)c4)CC3)c12.Cl.Cl. The average Bonchev–Trinajstić information content (AvgIpc) is 3.67. The van der Waals surface area contributed by atoms with E-state index in [9.17, 15) is 8.78 Å². The van der Waals surface area contributed by atoms with Gasteiger partial charge in [-0.3, -0.25) is 9.80 Å². The molecule has 4 aromatic heterocycles. The highest BCUT2D eigenvalue weighted by Gasteiger charge is 2.23. The molecule has 2 saturated heterocycles. The normalized spacial score (nSPS) is 14.7. The van der Waals surface area contributed by atoms with Gasteiger partial charge >= 0.3 is 0 Å². The van der Waals surface area contributed by atoms with Crippen molar-refractivity contribution < 1.29 is 13.9 Å². The lowest BCUT2D eigenvalue weighted by Gasteiger charge is -2.32. The molecule has 60 heavy (non-hydrogen) atoms. The molecule has 0 radical (unpaired) electrons. The van der Waals surface area contributed by atoms with Crippen molar-refractivity contribution in [3.63, 3.8) is 0 Å². The second-order valence-corrected chi connectivity index (χ2v) is 17.7. The van der Waals surface area contributed by atoms with Crippen LogP contribution < -0.4 is 10.6 Å². The largest absolute Gasteiger partial charge is 0.397 e. The van der Waals surface area contributed by atoms with Gasteiger partial charge in [-0.05, 0) is 93.0 Å². The van der Waals surface area contributed by atoms with Gasteiger partial charge in [-0.15, -0.1) is 47.5 Å². The van der Waals surface area contributed by atoms with Crippen molar-refractivity contribution in [3.05, 3.63) is 104 Å². The molecule has 8 rings (SSSR count). The number of thiophene rings is 2. The van der Waals surface area contributed by atoms with Gasteiger partial charge in [0, 0.05) is 58.0 Å². The summed E-state index contributed by atoms with van der Waals surface area (Å²) in [5.74, 6) is 1.41. The summed E-state index contributed by atoms with van der Waals surface area (Å²) >= 11 is 15.5. The second kappa shape index (κ2) is 25.8. The van der Waals surface area contributed by atoms with E-state index < -0.39 is 0 Å². The van der Waals surface area contributed by atoms with Gasteiger partial charge in [-0.2, -0.15) is 0 Å². The molecule has 2 fully saturated rings. The van der Waals surface area contributed by atoms with Crippen LogP contribution in [0.1, 0.15) is 75.1 Å². The lowest BCUT2D eigenvalue weighted by molar-refractivity contribution is 0.211. The molecule has 0 spiro atoms. The smallest absolute Gasteiger partial charge is 0.138 e. The third kappa shape index (κ3) is 14.6. The summed E-state index contributed by atoms with van der Waals surface area (Å²) in [6, 6.07) is 14.5. The van der Waals surface area contributed by atoms with Crippen molar-refractivity contribution in [2.45, 2.75) is 91.9 Å². The van der Waals surface area contributed by atoms with Crippen LogP contribution >= 0.6 is 70.7 Å². The number of piperidine rings is 2. The van der Waals surface area contributed by atoms with E-state index in [4.69, 9.17) is 28.3 Å². The van der Waals surface area contributed by atoms with Crippen LogP contribution in [-0.4, -0.2) is 79.7 Å². The molecule has 0 unspecified atom stereocenters. The maximum absolute atomic E-state index is 13.3. The number of aromatic nitrogens is 4. The van der Waals surface area contributed by atoms with Crippen molar-refractivity contribution in [3.8, 4) is 0 Å². The number of nitrogens with one attached hydrogen (secondary N) is 2. The molecule has 2 aliphatic heterocycles. The van der Waals surface area contributed by atoms with Crippen LogP contribution in [0.15, 0.2) is 61.2 Å². The molecule has 0 aliphatic carbocycles. The number of likely N-dealkylation sites (tertiary alicyclic amines) is 2. The molecule has 17 heteroatoms. The molecular weight excluding hydrogens is 888 g/mol. The average molecular weight is 945 g/mol. The van der Waals surface area contributed by atoms with Crippen LogP contribution in [0.2, 0.25) is 8.67 Å². The number of halogens is 6. The summed E-state index contributed by atoms with van der Waals surface area (Å²) in [4.78, 5) is 24.1. The van der Waals surface area contributed by atoms with Gasteiger partial charge < -0.3 is 15.7 Å². The van der Waals surface area contributed by atoms with E-state index in [1.807, 2.05) is 26.0 Å². The van der Waals surface area contributed by atoms with Gasteiger partial charge in [0.15, 0.2) is 0 Å². The van der Waals surface area contributed by atoms with E-state index in [1.165, 1.54) is 41.2 Å². The Labute approximate surface area is 383 Å². The molecule has 0 bridgehead atoms. The summed E-state index contributed by atoms with van der Waals surface area (Å²) in [6.45, 7) is 15.7. The molecule has 6 heterocycles. The monoisotopic (exact) mass is 942 g/mol. The van der Waals surface area contributed by atoms with Crippen molar-refractivity contribution >= 4 is 103 Å². The first-order valence-electron chi connectivity index (χ1n) is 19.9. The Morgan fingerprint density at radius 3 is 1.35 bits per heavy atom. The second-order valence-electron chi connectivity index (χ2n) is 14.5. The van der Waals surface area contributed by atoms with Crippen LogP contribution in [0.25, 0.3) is 20.4 Å². The zero-order valence-corrected chi connectivity index (χ0v) is 39.5. The van der Waals surface area contributed by atoms with E-state index in [-0.39, 0.29) is 43.1 Å². The van der Waals surface area contributed by atoms with Crippen LogP contribution in [-0.2, 0) is 13.1 Å². The lowest BCUT2D eigenvalue weighted by Crippen LogP contribution is -2.38. The third-order valence-corrected chi connectivity index (χ3v) is 12.8. The summed E-state index contributed by atoms with van der Waals surface area (Å²) in [5, 5.41) is 16.8. The van der Waals surface area contributed by atoms with Gasteiger partial charge in [0.2, 0.25) is 0 Å². The molecular formula is C43H56Cl4F2N8OS2. The molecule has 2 aliphatic rings. The Kier molecular flexibility index (Phi) is 22.1. The molecule has 6 aromatic rings. The number of aryl methyl sites for hydroxylation is 2. The maximum Gasteiger partial charge on any atom is 0.138 e. The fourth-order valence-corrected chi connectivity index (χ4v) is 9.33. The highest BCUT2D eigenvalue weighted by molar-refractivity contribution is 7.23. The van der Waals surface area contributed by atoms with E-state index in [0.29, 0.717) is 12.1 Å². The molecule has 0 saturated carbocycles. The van der Waals surface area contributed by atoms with Crippen molar-refractivity contribution in [1.82, 2.24) is 29.7 Å². The minimum absolute atomic E-state index is 0. The fourth-order valence-electron chi connectivity index (χ4n) is 6.95. The number of aliphatic hydroxyl groups excluding tert-OH is 1. The van der Waals surface area contributed by atoms with Crippen molar-refractivity contribution in [2.75, 3.05) is 43.4 Å². The summed E-state index contributed by atoms with van der Waals surface area (Å²) in [5.41, 5.74) is 4.13. The van der Waals surface area contributed by atoms with Crippen LogP contribution in [0, 0.1) is 25.5 Å². The van der Waals surface area contributed by atoms with Gasteiger partial charge in [0.1, 0.15) is 45.6 Å². The molecule has 9 nitrogen and oxygen atoms in total. The lowest BCUT2D eigenvalue weighted by atomic mass is 10.0. The first-order valence-corrected chi connectivity index (χ1v) is 22.3. The van der Waals surface area contributed by atoms with Crippen LogP contribution in [0.4, 0.5) is 20.4 Å². The van der Waals surface area contributed by atoms with Crippen LogP contribution in [0.5, 0.6) is 0 Å². The predicted octanol–water partition coefficient (Wildman–Crippen LogP) is 12.0. The Morgan fingerprint density at radius 1 is 0.667 bits per heavy atom. The van der Waals surface area contributed by atoms with Gasteiger partial charge in [0.05, 0.1) is 19.4 Å². The number of hydrogen-bond donors (Lipinski definition) is 3. The maximum atomic E-state index is 13.3. The fraction of sp³-hybridized carbons (Fsp3) is 0.442. The Hall–Kier alpha value is -2.98. The Balaban J connectivity index is 0.000000275. The van der Waals surface area contributed by atoms with Gasteiger partial charge in [-0.25, -0.2) is 28.7 Å². The van der Waals surface area contributed by atoms with Crippen molar-refractivity contribution in [2.24, 2.45) is 0 Å². The summed E-state index contributed by atoms with van der Waals surface area (Å²) in [6.07, 6.45) is 8.54. The zero-order chi connectivity index (χ0) is 41.6. The number of anilines is 2. The summed E-state index contributed by atoms with van der Waals surface area (Å²) < 4.78 is 28.2. The van der Waals surface area contributed by atoms with E-state index >= 15 is 0 Å². The number of benzene rings is 2. The summed E-state index contributed by atoms with van der Waals surface area (Å²) in [7, 11) is 0. The highest BCUT2D eigenvalue weighted by Crippen LogP contribution is 2.38. The van der Waals surface area contributed by atoms with Crippen molar-refractivity contribution in [1.29, 1.82) is 0 Å². The van der Waals surface area contributed by atoms with E-state index in [0.717, 1.165) is 128 Å². The number of nitrogens with zero attached hydrogens (tertiary/aromatic N) is 6. The highest BCUT2D eigenvalue weighted by atomic mass is 35.5. The van der Waals surface area contributed by atoms with E-state index in [1.54, 1.807) is 43.8 Å². The number of rotatable bonds is 8. The van der Waals surface area contributed by atoms with Gasteiger partial charge in [0.25, 0.3) is 0 Å². The predicted molar refractivity (Wildman–Crippen MR) is 254 cm³/mol. The molecule has 328 valence electrons. The minimum atomic E-state index is -0.170. The Bertz CT molecular complexity index is 2040. The zero-order valence-electron chi connectivity index (χ0n) is 34.7. The quantitative estimate of drug-likeness (QED) is 0.138. The Morgan fingerprint density at radius 2 is 1.02 bits per heavy atom. The third-order valence-electron chi connectivity index (χ3n) is 9.78. The molecule has 3 N–H and O–H groups in total. The first-order chi connectivity index (χ1) is 28.0. The molecule has 2 aromatic carbocycles.